The second-order valence-corrected chi connectivity index (χ2v) is 5.46. The molecule has 0 radical (unpaired) electrons. The van der Waals surface area contributed by atoms with Crippen LogP contribution >= 0.6 is 12.2 Å². The molecule has 0 unspecified atom stereocenters. The van der Waals surface area contributed by atoms with Crippen LogP contribution in [0.5, 0.6) is 17.2 Å². The van der Waals surface area contributed by atoms with E-state index in [4.69, 9.17) is 21.7 Å². The fraction of sp³-hybridized carbons (Fsp3) is 0.118. The van der Waals surface area contributed by atoms with E-state index in [0.717, 1.165) is 11.1 Å². The second kappa shape index (κ2) is 7.18. The zero-order chi connectivity index (χ0) is 17.8. The maximum atomic E-state index is 9.33. The molecule has 7 nitrogen and oxygen atoms in total. The third-order valence-electron chi connectivity index (χ3n) is 3.51. The molecule has 25 heavy (non-hydrogen) atoms. The molecule has 0 fully saturated rings. The van der Waals surface area contributed by atoms with Gasteiger partial charge in [-0.3, -0.25) is 0 Å². The number of hydrogen-bond acceptors (Lipinski definition) is 6. The third-order valence-corrected chi connectivity index (χ3v) is 3.77. The van der Waals surface area contributed by atoms with E-state index in [0.29, 0.717) is 22.1 Å². The fourth-order valence-electron chi connectivity index (χ4n) is 2.25. The maximum absolute atomic E-state index is 9.33. The number of nitrogens with one attached hydrogen (secondary N) is 1. The first kappa shape index (κ1) is 16.7. The van der Waals surface area contributed by atoms with Crippen molar-refractivity contribution in [3.63, 3.8) is 0 Å². The highest BCUT2D eigenvalue weighted by molar-refractivity contribution is 7.71. The highest BCUT2D eigenvalue weighted by Crippen LogP contribution is 2.31. The summed E-state index contributed by atoms with van der Waals surface area (Å²) in [6.45, 7) is 0. The molecule has 3 rings (SSSR count). The Kier molecular flexibility index (Phi) is 4.80. The van der Waals surface area contributed by atoms with E-state index < -0.39 is 0 Å². The zero-order valence-electron chi connectivity index (χ0n) is 13.6. The van der Waals surface area contributed by atoms with Crippen LogP contribution < -0.4 is 9.47 Å². The molecule has 0 amide bonds. The van der Waals surface area contributed by atoms with Gasteiger partial charge in [0.15, 0.2) is 17.3 Å². The second-order valence-electron chi connectivity index (χ2n) is 5.07. The van der Waals surface area contributed by atoms with Crippen molar-refractivity contribution in [2.24, 2.45) is 5.10 Å². The van der Waals surface area contributed by atoms with Crippen molar-refractivity contribution in [1.82, 2.24) is 14.9 Å². The predicted molar refractivity (Wildman–Crippen MR) is 97.1 cm³/mol. The van der Waals surface area contributed by atoms with Gasteiger partial charge in [-0.05, 0) is 60.2 Å². The Bertz CT molecular complexity index is 961. The van der Waals surface area contributed by atoms with Crippen molar-refractivity contribution >= 4 is 18.4 Å². The lowest BCUT2D eigenvalue weighted by Gasteiger charge is -2.09. The predicted octanol–water partition coefficient (Wildman–Crippen LogP) is 3.21. The number of methoxy groups -OCH3 is 2. The van der Waals surface area contributed by atoms with Gasteiger partial charge in [-0.2, -0.15) is 14.9 Å². The van der Waals surface area contributed by atoms with Gasteiger partial charge in [0.2, 0.25) is 4.77 Å². The fourth-order valence-corrected chi connectivity index (χ4v) is 2.42. The average molecular weight is 356 g/mol. The first-order valence-corrected chi connectivity index (χ1v) is 7.76. The van der Waals surface area contributed by atoms with Gasteiger partial charge in [0.05, 0.1) is 20.4 Å². The first-order chi connectivity index (χ1) is 12.1. The summed E-state index contributed by atoms with van der Waals surface area (Å²) in [5, 5.41) is 20.7. The van der Waals surface area contributed by atoms with Crippen LogP contribution in [0.1, 0.15) is 5.56 Å². The van der Waals surface area contributed by atoms with Crippen molar-refractivity contribution in [2.75, 3.05) is 14.2 Å². The molecule has 3 aromatic rings. The number of hydrogen-bond donors (Lipinski definition) is 2. The Morgan fingerprint density at radius 2 is 1.84 bits per heavy atom. The highest BCUT2D eigenvalue weighted by atomic mass is 32.1. The molecule has 128 valence electrons. The summed E-state index contributed by atoms with van der Waals surface area (Å²) in [6, 6.07) is 12.1. The average Bonchev–Trinajstić information content (AvgIpc) is 3.01. The number of aromatic nitrogens is 3. The van der Waals surface area contributed by atoms with Crippen molar-refractivity contribution in [3.05, 3.63) is 52.8 Å². The molecule has 0 aliphatic heterocycles. The van der Waals surface area contributed by atoms with Gasteiger partial charge in [0.1, 0.15) is 5.75 Å². The Morgan fingerprint density at radius 1 is 1.12 bits per heavy atom. The standard InChI is InChI=1S/C17H16N4O3S/c1-23-14-8-5-12(9-15(14)24-2)16-19-20-17(25)21(16)18-10-11-3-6-13(22)7-4-11/h3-10,22H,1-2H3,(H,20,25)/b18-10-. The molecule has 1 aromatic heterocycles. The molecule has 8 heteroatoms. The van der Waals surface area contributed by atoms with Crippen molar-refractivity contribution < 1.29 is 14.6 Å². The van der Waals surface area contributed by atoms with E-state index >= 15 is 0 Å². The molecule has 0 saturated carbocycles. The lowest BCUT2D eigenvalue weighted by atomic mass is 10.2. The lowest BCUT2D eigenvalue weighted by molar-refractivity contribution is 0.355. The van der Waals surface area contributed by atoms with Crippen LogP contribution in [-0.4, -0.2) is 40.4 Å². The van der Waals surface area contributed by atoms with Crippen LogP contribution in [0, 0.1) is 4.77 Å². The number of nitrogens with zero attached hydrogens (tertiary/aromatic N) is 3. The van der Waals surface area contributed by atoms with Crippen LogP contribution in [0.3, 0.4) is 0 Å². The summed E-state index contributed by atoms with van der Waals surface area (Å²) in [7, 11) is 3.15. The minimum Gasteiger partial charge on any atom is -0.508 e. The number of benzene rings is 2. The minimum absolute atomic E-state index is 0.197. The third kappa shape index (κ3) is 3.53. The van der Waals surface area contributed by atoms with Crippen LogP contribution in [0.2, 0.25) is 0 Å². The maximum Gasteiger partial charge on any atom is 0.216 e. The van der Waals surface area contributed by atoms with Crippen molar-refractivity contribution in [1.29, 1.82) is 0 Å². The highest BCUT2D eigenvalue weighted by Gasteiger charge is 2.12. The Labute approximate surface area is 149 Å². The van der Waals surface area contributed by atoms with Gasteiger partial charge in [-0.15, -0.1) is 0 Å². The largest absolute Gasteiger partial charge is 0.508 e. The number of phenols is 1. The first-order valence-electron chi connectivity index (χ1n) is 7.35. The van der Waals surface area contributed by atoms with Crippen LogP contribution in [-0.2, 0) is 0 Å². The molecule has 0 spiro atoms. The van der Waals surface area contributed by atoms with E-state index in [1.54, 1.807) is 56.8 Å². The van der Waals surface area contributed by atoms with Gasteiger partial charge < -0.3 is 14.6 Å². The molecule has 1 heterocycles. The Morgan fingerprint density at radius 3 is 2.52 bits per heavy atom. The zero-order valence-corrected chi connectivity index (χ0v) is 14.4. The summed E-state index contributed by atoms with van der Waals surface area (Å²) in [5.74, 6) is 1.95. The van der Waals surface area contributed by atoms with Crippen molar-refractivity contribution in [2.45, 2.75) is 0 Å². The van der Waals surface area contributed by atoms with Crippen molar-refractivity contribution in [3.8, 4) is 28.6 Å². The number of aromatic amines is 1. The summed E-state index contributed by atoms with van der Waals surface area (Å²) < 4.78 is 12.5. The molecule has 0 bridgehead atoms. The van der Waals surface area contributed by atoms with E-state index in [1.807, 2.05) is 6.07 Å². The van der Waals surface area contributed by atoms with Crippen LogP contribution in [0.15, 0.2) is 47.6 Å². The van der Waals surface area contributed by atoms with Crippen LogP contribution in [0.4, 0.5) is 0 Å². The summed E-state index contributed by atoms with van der Waals surface area (Å²) in [6.07, 6.45) is 1.63. The topological polar surface area (TPSA) is 84.7 Å². The Hall–Kier alpha value is -3.13. The van der Waals surface area contributed by atoms with Gasteiger partial charge in [0, 0.05) is 5.56 Å². The molecule has 0 aliphatic carbocycles. The monoisotopic (exact) mass is 356 g/mol. The molecule has 0 aliphatic rings. The number of phenolic OH excluding ortho intramolecular Hbond substituents is 1. The lowest BCUT2D eigenvalue weighted by Crippen LogP contribution is -1.96. The number of ether oxygens (including phenoxy) is 2. The van der Waals surface area contributed by atoms with E-state index in [-0.39, 0.29) is 5.75 Å². The smallest absolute Gasteiger partial charge is 0.216 e. The molecule has 2 aromatic carbocycles. The van der Waals surface area contributed by atoms with Gasteiger partial charge in [0.25, 0.3) is 0 Å². The number of rotatable bonds is 5. The molecular weight excluding hydrogens is 340 g/mol. The van der Waals surface area contributed by atoms with E-state index in [2.05, 4.69) is 15.3 Å². The molecule has 0 atom stereocenters. The molecular formula is C17H16N4O3S. The minimum atomic E-state index is 0.197. The number of aromatic hydroxyl groups is 1. The molecule has 2 N–H and O–H groups in total. The van der Waals surface area contributed by atoms with Gasteiger partial charge >= 0.3 is 0 Å². The SMILES string of the molecule is COc1ccc(-c2n[nH]c(=S)n2/N=C\c2ccc(O)cc2)cc1OC. The Balaban J connectivity index is 1.99. The van der Waals surface area contributed by atoms with Crippen LogP contribution in [0.25, 0.3) is 11.4 Å². The van der Waals surface area contributed by atoms with Gasteiger partial charge in [-0.25, -0.2) is 5.10 Å². The summed E-state index contributed by atoms with van der Waals surface area (Å²) >= 11 is 5.25. The summed E-state index contributed by atoms with van der Waals surface area (Å²) in [4.78, 5) is 0. The van der Waals surface area contributed by atoms with E-state index in [9.17, 15) is 5.11 Å². The number of H-pyrrole nitrogens is 1. The normalized spacial score (nSPS) is 11.0. The van der Waals surface area contributed by atoms with Gasteiger partial charge in [-0.1, -0.05) is 0 Å². The quantitative estimate of drug-likeness (QED) is 0.542. The summed E-state index contributed by atoms with van der Waals surface area (Å²) in [5.41, 5.74) is 1.59. The van der Waals surface area contributed by atoms with E-state index in [1.165, 1.54) is 4.68 Å². The molecule has 0 saturated heterocycles.